The number of carbonyl (C=O) groups excluding carboxylic acids is 3. The highest BCUT2D eigenvalue weighted by Gasteiger charge is 2.58. The van der Waals surface area contributed by atoms with E-state index in [2.05, 4.69) is 10.6 Å². The average Bonchev–Trinajstić information content (AvgIpc) is 3.63. The molecule has 8 heteroatoms. The normalized spacial score (nSPS) is 23.3. The van der Waals surface area contributed by atoms with Crippen molar-refractivity contribution in [1.82, 2.24) is 20.4 Å². The summed E-state index contributed by atoms with van der Waals surface area (Å²) >= 11 is 1.52. The van der Waals surface area contributed by atoms with Gasteiger partial charge in [0.1, 0.15) is 6.04 Å². The Morgan fingerprint density at radius 3 is 2.26 bits per heavy atom. The smallest absolute Gasteiger partial charge is 0.318 e. The highest BCUT2D eigenvalue weighted by molar-refractivity contribution is 7.10. The second-order valence-corrected chi connectivity index (χ2v) is 10.8. The lowest BCUT2D eigenvalue weighted by Gasteiger charge is -2.36. The van der Waals surface area contributed by atoms with Crippen LogP contribution in [0.5, 0.6) is 0 Å². The van der Waals surface area contributed by atoms with Crippen molar-refractivity contribution >= 4 is 29.1 Å². The van der Waals surface area contributed by atoms with E-state index < -0.39 is 23.9 Å². The van der Waals surface area contributed by atoms with E-state index >= 15 is 0 Å². The average molecular weight is 531 g/mol. The lowest BCUT2D eigenvalue weighted by molar-refractivity contribution is -0.136. The van der Waals surface area contributed by atoms with Crippen molar-refractivity contribution in [3.63, 3.8) is 0 Å². The maximum absolute atomic E-state index is 14.4. The van der Waals surface area contributed by atoms with Crippen LogP contribution in [0.25, 0.3) is 0 Å². The third-order valence-corrected chi connectivity index (χ3v) is 8.43. The van der Waals surface area contributed by atoms with E-state index in [1.54, 1.807) is 4.90 Å². The summed E-state index contributed by atoms with van der Waals surface area (Å²) in [5, 5.41) is 8.29. The number of ketones is 1. The summed E-state index contributed by atoms with van der Waals surface area (Å²) in [4.78, 5) is 47.1. The van der Waals surface area contributed by atoms with Crippen molar-refractivity contribution in [1.29, 1.82) is 0 Å². The Labute approximate surface area is 227 Å². The van der Waals surface area contributed by atoms with Gasteiger partial charge in [-0.15, -0.1) is 11.3 Å². The molecule has 2 N–H and O–H groups in total. The Bertz CT molecular complexity index is 1230. The van der Waals surface area contributed by atoms with Crippen LogP contribution in [-0.2, 0) is 4.79 Å². The molecular formula is C30H34N4O3S. The number of benzene rings is 2. The first-order valence-corrected chi connectivity index (χ1v) is 14.2. The number of nitrogens with zero attached hydrogens (tertiary/aromatic N) is 2. The van der Waals surface area contributed by atoms with Gasteiger partial charge in [0.15, 0.2) is 5.78 Å². The van der Waals surface area contributed by atoms with E-state index in [1.807, 2.05) is 90.0 Å². The molecule has 0 aliphatic carbocycles. The molecule has 198 valence electrons. The number of urea groups is 1. The van der Waals surface area contributed by atoms with Crippen molar-refractivity contribution in [3.8, 4) is 0 Å². The number of rotatable bonds is 7. The topological polar surface area (TPSA) is 81.8 Å². The summed E-state index contributed by atoms with van der Waals surface area (Å²) in [7, 11) is 0. The molecule has 3 amide bonds. The third-order valence-electron chi connectivity index (χ3n) is 7.49. The molecule has 5 rings (SSSR count). The lowest BCUT2D eigenvalue weighted by Crippen LogP contribution is -2.56. The van der Waals surface area contributed by atoms with Gasteiger partial charge >= 0.3 is 6.03 Å². The minimum Gasteiger partial charge on any atom is -0.338 e. The molecule has 0 radical (unpaired) electrons. The molecule has 2 saturated heterocycles. The van der Waals surface area contributed by atoms with Gasteiger partial charge in [-0.05, 0) is 23.4 Å². The maximum atomic E-state index is 14.4. The fraction of sp³-hybridized carbons (Fsp3) is 0.367. The molecule has 2 fully saturated rings. The number of hydrogen-bond acceptors (Lipinski definition) is 5. The SMILES string of the molecule is CCCNC(=O)N1C(C(=O)N2CCNCC2)C(c2ccccc2)C(C(=O)c2ccccc2)C1c1cccs1. The van der Waals surface area contributed by atoms with Crippen LogP contribution >= 0.6 is 11.3 Å². The molecule has 2 aromatic carbocycles. The van der Waals surface area contributed by atoms with Gasteiger partial charge < -0.3 is 20.4 Å². The van der Waals surface area contributed by atoms with Crippen molar-refractivity contribution in [2.24, 2.45) is 5.92 Å². The van der Waals surface area contributed by atoms with Crippen LogP contribution in [-0.4, -0.2) is 66.3 Å². The molecule has 7 nitrogen and oxygen atoms in total. The van der Waals surface area contributed by atoms with Gasteiger partial charge in [-0.2, -0.15) is 0 Å². The zero-order chi connectivity index (χ0) is 26.5. The van der Waals surface area contributed by atoms with Gasteiger partial charge in [0.05, 0.1) is 12.0 Å². The lowest BCUT2D eigenvalue weighted by atomic mass is 9.77. The third kappa shape index (κ3) is 5.11. The van der Waals surface area contributed by atoms with Crippen molar-refractivity contribution in [3.05, 3.63) is 94.2 Å². The summed E-state index contributed by atoms with van der Waals surface area (Å²) in [6, 6.07) is 21.2. The number of hydrogen-bond donors (Lipinski definition) is 2. The quantitative estimate of drug-likeness (QED) is 0.446. The maximum Gasteiger partial charge on any atom is 0.318 e. The highest BCUT2D eigenvalue weighted by Crippen LogP contribution is 2.52. The van der Waals surface area contributed by atoms with Crippen molar-refractivity contribution in [2.45, 2.75) is 31.3 Å². The molecule has 0 bridgehead atoms. The van der Waals surface area contributed by atoms with E-state index in [1.165, 1.54) is 11.3 Å². The number of likely N-dealkylation sites (tertiary alicyclic amines) is 1. The zero-order valence-electron chi connectivity index (χ0n) is 21.6. The Morgan fingerprint density at radius 1 is 0.947 bits per heavy atom. The Hall–Kier alpha value is -3.49. The zero-order valence-corrected chi connectivity index (χ0v) is 22.4. The number of thiophene rings is 1. The molecule has 2 aliphatic rings. The van der Waals surface area contributed by atoms with Crippen molar-refractivity contribution < 1.29 is 14.4 Å². The minimum atomic E-state index is -0.808. The second kappa shape index (κ2) is 11.9. The minimum absolute atomic E-state index is 0.0539. The first kappa shape index (κ1) is 26.1. The summed E-state index contributed by atoms with van der Waals surface area (Å²) < 4.78 is 0. The molecular weight excluding hydrogens is 496 g/mol. The Morgan fingerprint density at radius 2 is 1.63 bits per heavy atom. The number of amides is 3. The predicted octanol–water partition coefficient (Wildman–Crippen LogP) is 4.31. The van der Waals surface area contributed by atoms with Gasteiger partial charge in [-0.1, -0.05) is 73.7 Å². The largest absolute Gasteiger partial charge is 0.338 e. The summed E-state index contributed by atoms with van der Waals surface area (Å²) in [5.41, 5.74) is 1.48. The summed E-state index contributed by atoms with van der Waals surface area (Å²) in [5.74, 6) is -1.27. The Kier molecular flexibility index (Phi) is 8.20. The van der Waals surface area contributed by atoms with Crippen LogP contribution in [0.3, 0.4) is 0 Å². The van der Waals surface area contributed by atoms with Gasteiger partial charge in [-0.3, -0.25) is 9.59 Å². The summed E-state index contributed by atoms with van der Waals surface area (Å²) in [6.07, 6.45) is 0.772. The van der Waals surface area contributed by atoms with E-state index in [0.29, 0.717) is 38.3 Å². The molecule has 0 spiro atoms. The first-order chi connectivity index (χ1) is 18.6. The second-order valence-electron chi connectivity index (χ2n) is 9.81. The molecule has 38 heavy (non-hydrogen) atoms. The van der Waals surface area contributed by atoms with E-state index in [-0.39, 0.29) is 17.7 Å². The number of Topliss-reactive ketones (excluding diaryl/α,β-unsaturated/α-hetero) is 1. The van der Waals surface area contributed by atoms with E-state index in [4.69, 9.17) is 0 Å². The molecule has 2 aliphatic heterocycles. The molecule has 3 heterocycles. The predicted molar refractivity (Wildman–Crippen MR) is 149 cm³/mol. The van der Waals surface area contributed by atoms with Gasteiger partial charge in [0.25, 0.3) is 0 Å². The number of nitrogens with one attached hydrogen (secondary N) is 2. The van der Waals surface area contributed by atoms with Crippen LogP contribution in [0.4, 0.5) is 4.79 Å². The van der Waals surface area contributed by atoms with E-state index in [9.17, 15) is 14.4 Å². The molecule has 4 atom stereocenters. The van der Waals surface area contributed by atoms with Crippen LogP contribution in [0.2, 0.25) is 0 Å². The number of piperazine rings is 1. The van der Waals surface area contributed by atoms with Crippen LogP contribution < -0.4 is 10.6 Å². The van der Waals surface area contributed by atoms with Gasteiger partial charge in [0.2, 0.25) is 5.91 Å². The number of carbonyl (C=O) groups is 3. The molecule has 1 aromatic heterocycles. The van der Waals surface area contributed by atoms with Gasteiger partial charge in [-0.25, -0.2) is 4.79 Å². The van der Waals surface area contributed by atoms with Crippen LogP contribution in [0.15, 0.2) is 78.2 Å². The highest BCUT2D eigenvalue weighted by atomic mass is 32.1. The van der Waals surface area contributed by atoms with Crippen molar-refractivity contribution in [2.75, 3.05) is 32.7 Å². The van der Waals surface area contributed by atoms with Gasteiger partial charge in [0, 0.05) is 49.1 Å². The van der Waals surface area contributed by atoms with E-state index in [0.717, 1.165) is 16.9 Å². The first-order valence-electron chi connectivity index (χ1n) is 13.3. The molecule has 3 aromatic rings. The molecule has 0 saturated carbocycles. The Balaban J connectivity index is 1.70. The fourth-order valence-electron chi connectivity index (χ4n) is 5.77. The van der Waals surface area contributed by atoms with Crippen LogP contribution in [0.1, 0.15) is 46.1 Å². The fourth-order valence-corrected chi connectivity index (χ4v) is 6.64. The molecule has 4 unspecified atom stereocenters. The summed E-state index contributed by atoms with van der Waals surface area (Å²) in [6.45, 7) is 5.05. The standard InChI is InChI=1S/C30H34N4O3S/c1-2-15-32-30(37)34-26(23-14-9-20-38-23)25(28(35)22-12-7-4-8-13-22)24(21-10-5-3-6-11-21)27(34)29(36)33-18-16-31-17-19-33/h3-14,20,24-27,31H,2,15-19H2,1H3,(H,32,37). The monoisotopic (exact) mass is 530 g/mol. The van der Waals surface area contributed by atoms with Crippen LogP contribution in [0, 0.1) is 5.92 Å².